The van der Waals surface area contributed by atoms with Crippen LogP contribution in [-0.4, -0.2) is 8.42 Å². The molecule has 0 N–H and O–H groups in total. The van der Waals surface area contributed by atoms with Gasteiger partial charge in [0.05, 0.1) is 4.90 Å². The third kappa shape index (κ3) is 2.93. The lowest BCUT2D eigenvalue weighted by atomic mass is 10.1. The van der Waals surface area contributed by atoms with E-state index >= 15 is 0 Å². The highest BCUT2D eigenvalue weighted by molar-refractivity contribution is 7.94. The number of hydrogen-bond donors (Lipinski definition) is 0. The van der Waals surface area contributed by atoms with E-state index in [4.69, 9.17) is 0 Å². The highest BCUT2D eigenvalue weighted by atomic mass is 32.2. The molecule has 15 heavy (non-hydrogen) atoms. The molecule has 0 radical (unpaired) electrons. The van der Waals surface area contributed by atoms with E-state index in [2.05, 4.69) is 13.5 Å². The van der Waals surface area contributed by atoms with Crippen molar-refractivity contribution in [1.82, 2.24) is 0 Å². The molecule has 0 amide bonds. The minimum Gasteiger partial charge on any atom is -0.219 e. The maximum Gasteiger partial charge on any atom is 0.199 e. The molecule has 0 fully saturated rings. The van der Waals surface area contributed by atoms with E-state index in [1.165, 1.54) is 0 Å². The van der Waals surface area contributed by atoms with Crippen LogP contribution in [0.3, 0.4) is 0 Å². The fraction of sp³-hybridized carbons (Fsp3) is 0.333. The molecule has 0 heterocycles. The molecule has 0 spiro atoms. The van der Waals surface area contributed by atoms with Gasteiger partial charge in [-0.25, -0.2) is 8.42 Å². The van der Waals surface area contributed by atoms with E-state index in [-0.39, 0.29) is 0 Å². The average Bonchev–Trinajstić information content (AvgIpc) is 2.26. The summed E-state index contributed by atoms with van der Waals surface area (Å²) in [7, 11) is -3.30. The molecule has 1 rings (SSSR count). The SMILES string of the molecule is C=CS(=O)(=O)c1ccccc1CCCC. The molecule has 0 unspecified atom stereocenters. The molecule has 0 atom stereocenters. The molecule has 1 aromatic rings. The average molecular weight is 224 g/mol. The van der Waals surface area contributed by atoms with Gasteiger partial charge in [0, 0.05) is 5.41 Å². The van der Waals surface area contributed by atoms with Crippen LogP contribution in [0.5, 0.6) is 0 Å². The second-order valence-electron chi connectivity index (χ2n) is 3.42. The second-order valence-corrected chi connectivity index (χ2v) is 5.29. The molecule has 1 aromatic carbocycles. The van der Waals surface area contributed by atoms with Crippen molar-refractivity contribution in [3.63, 3.8) is 0 Å². The number of sulfone groups is 1. The normalized spacial score (nSPS) is 11.3. The van der Waals surface area contributed by atoms with Crippen molar-refractivity contribution >= 4 is 9.84 Å². The maximum absolute atomic E-state index is 11.7. The van der Waals surface area contributed by atoms with Crippen molar-refractivity contribution in [2.75, 3.05) is 0 Å². The first-order valence-corrected chi connectivity index (χ1v) is 6.62. The smallest absolute Gasteiger partial charge is 0.199 e. The largest absolute Gasteiger partial charge is 0.219 e. The Morgan fingerprint density at radius 2 is 2.00 bits per heavy atom. The van der Waals surface area contributed by atoms with Crippen LogP contribution in [0.25, 0.3) is 0 Å². The summed E-state index contributed by atoms with van der Waals surface area (Å²) in [6.45, 7) is 5.43. The van der Waals surface area contributed by atoms with Crippen LogP contribution in [0.4, 0.5) is 0 Å². The summed E-state index contributed by atoms with van der Waals surface area (Å²) >= 11 is 0. The molecule has 0 saturated carbocycles. The highest BCUT2D eigenvalue weighted by Gasteiger charge is 2.13. The van der Waals surface area contributed by atoms with Gasteiger partial charge < -0.3 is 0 Å². The summed E-state index contributed by atoms with van der Waals surface area (Å²) in [5, 5.41) is 1.01. The molecule has 0 aliphatic rings. The van der Waals surface area contributed by atoms with Crippen molar-refractivity contribution < 1.29 is 8.42 Å². The molecule has 0 saturated heterocycles. The van der Waals surface area contributed by atoms with Crippen LogP contribution in [0.2, 0.25) is 0 Å². The lowest BCUT2D eigenvalue weighted by Gasteiger charge is -2.06. The predicted molar refractivity (Wildman–Crippen MR) is 62.4 cm³/mol. The van der Waals surface area contributed by atoms with Gasteiger partial charge in [0.25, 0.3) is 0 Å². The fourth-order valence-corrected chi connectivity index (χ4v) is 2.43. The zero-order chi connectivity index (χ0) is 11.3. The van der Waals surface area contributed by atoms with E-state index in [1.807, 2.05) is 12.1 Å². The Kier molecular flexibility index (Phi) is 4.09. The van der Waals surface area contributed by atoms with E-state index in [0.717, 1.165) is 30.2 Å². The zero-order valence-electron chi connectivity index (χ0n) is 8.94. The van der Waals surface area contributed by atoms with Gasteiger partial charge in [-0.2, -0.15) is 0 Å². The molecule has 2 nitrogen and oxygen atoms in total. The van der Waals surface area contributed by atoms with Crippen molar-refractivity contribution in [2.24, 2.45) is 0 Å². The number of benzene rings is 1. The minimum absolute atomic E-state index is 0.397. The van der Waals surface area contributed by atoms with Crippen LogP contribution in [0.15, 0.2) is 41.1 Å². The molecular weight excluding hydrogens is 208 g/mol. The molecule has 0 aliphatic heterocycles. The fourth-order valence-electron chi connectivity index (χ4n) is 1.44. The summed E-state index contributed by atoms with van der Waals surface area (Å²) in [4.78, 5) is 0.397. The van der Waals surface area contributed by atoms with E-state index in [0.29, 0.717) is 4.90 Å². The monoisotopic (exact) mass is 224 g/mol. The Balaban J connectivity index is 3.12. The number of aryl methyl sites for hydroxylation is 1. The highest BCUT2D eigenvalue weighted by Crippen LogP contribution is 2.19. The first-order chi connectivity index (χ1) is 7.11. The number of unbranched alkanes of at least 4 members (excludes halogenated alkanes) is 1. The van der Waals surface area contributed by atoms with E-state index in [1.54, 1.807) is 12.1 Å². The van der Waals surface area contributed by atoms with Crippen LogP contribution < -0.4 is 0 Å². The quantitative estimate of drug-likeness (QED) is 0.770. The van der Waals surface area contributed by atoms with Crippen LogP contribution in [-0.2, 0) is 16.3 Å². The molecule has 3 heteroatoms. The van der Waals surface area contributed by atoms with E-state index in [9.17, 15) is 8.42 Å². The number of rotatable bonds is 5. The summed E-state index contributed by atoms with van der Waals surface area (Å²) in [6.07, 6.45) is 2.87. The Bertz CT molecular complexity index is 433. The maximum atomic E-state index is 11.7. The molecule has 0 aliphatic carbocycles. The van der Waals surface area contributed by atoms with Gasteiger partial charge in [0.15, 0.2) is 9.84 Å². The second kappa shape index (κ2) is 5.12. The van der Waals surface area contributed by atoms with E-state index < -0.39 is 9.84 Å². The lowest BCUT2D eigenvalue weighted by Crippen LogP contribution is -2.01. The topological polar surface area (TPSA) is 34.1 Å². The van der Waals surface area contributed by atoms with Crippen LogP contribution >= 0.6 is 0 Å². The predicted octanol–water partition coefficient (Wildman–Crippen LogP) is 2.95. The minimum atomic E-state index is -3.30. The third-order valence-corrected chi connectivity index (χ3v) is 3.75. The van der Waals surface area contributed by atoms with Crippen molar-refractivity contribution in [2.45, 2.75) is 31.1 Å². The molecule has 0 bridgehead atoms. The zero-order valence-corrected chi connectivity index (χ0v) is 9.76. The summed E-state index contributed by atoms with van der Waals surface area (Å²) < 4.78 is 23.3. The summed E-state index contributed by atoms with van der Waals surface area (Å²) in [5.74, 6) is 0. The molecule has 0 aromatic heterocycles. The van der Waals surface area contributed by atoms with Gasteiger partial charge in [-0.15, -0.1) is 0 Å². The van der Waals surface area contributed by atoms with Crippen LogP contribution in [0.1, 0.15) is 25.3 Å². The molecular formula is C12H16O2S. The first kappa shape index (κ1) is 12.0. The van der Waals surface area contributed by atoms with Crippen molar-refractivity contribution in [3.8, 4) is 0 Å². The van der Waals surface area contributed by atoms with Crippen LogP contribution in [0, 0.1) is 0 Å². The van der Waals surface area contributed by atoms with Crippen molar-refractivity contribution in [1.29, 1.82) is 0 Å². The van der Waals surface area contributed by atoms with Gasteiger partial charge >= 0.3 is 0 Å². The van der Waals surface area contributed by atoms with Gasteiger partial charge in [0.2, 0.25) is 0 Å². The summed E-state index contributed by atoms with van der Waals surface area (Å²) in [6, 6.07) is 7.12. The Hall–Kier alpha value is -1.09. The molecule has 82 valence electrons. The van der Waals surface area contributed by atoms with Crippen molar-refractivity contribution in [3.05, 3.63) is 41.8 Å². The Labute approximate surface area is 91.6 Å². The third-order valence-electron chi connectivity index (χ3n) is 2.30. The van der Waals surface area contributed by atoms with Gasteiger partial charge in [-0.1, -0.05) is 38.1 Å². The van der Waals surface area contributed by atoms with Gasteiger partial charge in [0.1, 0.15) is 0 Å². The lowest BCUT2D eigenvalue weighted by molar-refractivity contribution is 0.603. The first-order valence-electron chi connectivity index (χ1n) is 5.07. The number of hydrogen-bond acceptors (Lipinski definition) is 2. The summed E-state index contributed by atoms with van der Waals surface area (Å²) in [5.41, 5.74) is 0.888. The standard InChI is InChI=1S/C12H16O2S/c1-3-5-8-11-9-6-7-10-12(11)15(13,14)4-2/h4,6-7,9-10H,2-3,5,8H2,1H3. The Morgan fingerprint density at radius 3 is 2.60 bits per heavy atom. The van der Waals surface area contributed by atoms with Gasteiger partial charge in [-0.05, 0) is 24.5 Å². The Morgan fingerprint density at radius 1 is 1.33 bits per heavy atom. The van der Waals surface area contributed by atoms with Gasteiger partial charge in [-0.3, -0.25) is 0 Å².